The molecule has 17 heavy (non-hydrogen) atoms. The van der Waals surface area contributed by atoms with Gasteiger partial charge < -0.3 is 0 Å². The van der Waals surface area contributed by atoms with E-state index in [4.69, 9.17) is 5.26 Å². The van der Waals surface area contributed by atoms with Crippen LogP contribution in [0.4, 0.5) is 13.2 Å². The number of likely N-dealkylation sites (tertiary alicyclic amines) is 1. The Morgan fingerprint density at radius 1 is 1.41 bits per heavy atom. The van der Waals surface area contributed by atoms with Crippen molar-refractivity contribution in [3.8, 4) is 6.07 Å². The lowest BCUT2D eigenvalue weighted by atomic mass is 9.96. The molecule has 2 unspecified atom stereocenters. The van der Waals surface area contributed by atoms with Gasteiger partial charge in [0.2, 0.25) is 0 Å². The summed E-state index contributed by atoms with van der Waals surface area (Å²) in [7, 11) is 0. The largest absolute Gasteiger partial charge is 0.405 e. The van der Waals surface area contributed by atoms with Crippen LogP contribution in [0, 0.1) is 17.2 Å². The van der Waals surface area contributed by atoms with Crippen LogP contribution in [0.1, 0.15) is 39.0 Å². The Kier molecular flexibility index (Phi) is 5.26. The minimum absolute atomic E-state index is 0.162. The van der Waals surface area contributed by atoms with E-state index in [1.54, 1.807) is 0 Å². The maximum absolute atomic E-state index is 12.5. The first-order chi connectivity index (χ1) is 7.99. The van der Waals surface area contributed by atoms with E-state index in [1.807, 2.05) is 11.8 Å². The Hall–Kier alpha value is -0.760. The number of hydrogen-bond donors (Lipinski definition) is 0. The molecule has 0 amide bonds. The van der Waals surface area contributed by atoms with Crippen molar-refractivity contribution in [1.82, 2.24) is 4.90 Å². The van der Waals surface area contributed by atoms with Gasteiger partial charge in [0, 0.05) is 12.6 Å². The minimum atomic E-state index is -4.40. The number of rotatable bonds is 4. The smallest absolute Gasteiger partial charge is 0.299 e. The van der Waals surface area contributed by atoms with Gasteiger partial charge in [0.25, 0.3) is 0 Å². The molecule has 0 radical (unpaired) electrons. The summed E-state index contributed by atoms with van der Waals surface area (Å²) in [5.41, 5.74) is 0. The summed E-state index contributed by atoms with van der Waals surface area (Å²) in [5, 5.41) is 8.61. The van der Waals surface area contributed by atoms with Crippen molar-refractivity contribution in [2.45, 2.75) is 51.2 Å². The molecule has 0 saturated carbocycles. The zero-order chi connectivity index (χ0) is 12.9. The normalized spacial score (nSPS) is 24.3. The topological polar surface area (TPSA) is 27.0 Å². The summed E-state index contributed by atoms with van der Waals surface area (Å²) < 4.78 is 37.6. The van der Waals surface area contributed by atoms with Crippen LogP contribution < -0.4 is 0 Å². The van der Waals surface area contributed by atoms with E-state index < -0.39 is 12.1 Å². The first kappa shape index (κ1) is 14.3. The van der Waals surface area contributed by atoms with E-state index in [9.17, 15) is 13.2 Å². The van der Waals surface area contributed by atoms with Crippen molar-refractivity contribution < 1.29 is 13.2 Å². The molecule has 0 aromatic rings. The Morgan fingerprint density at radius 3 is 2.65 bits per heavy atom. The van der Waals surface area contributed by atoms with Crippen LogP contribution in [0.5, 0.6) is 0 Å². The van der Waals surface area contributed by atoms with Gasteiger partial charge in [0.05, 0.1) is 6.07 Å². The number of piperidine rings is 1. The van der Waals surface area contributed by atoms with Gasteiger partial charge in [-0.15, -0.1) is 0 Å². The van der Waals surface area contributed by atoms with Gasteiger partial charge >= 0.3 is 6.18 Å². The van der Waals surface area contributed by atoms with Crippen LogP contribution in [0.2, 0.25) is 0 Å². The number of halogens is 3. The highest BCUT2D eigenvalue weighted by molar-refractivity contribution is 4.92. The number of nitriles is 1. The van der Waals surface area contributed by atoms with E-state index >= 15 is 0 Å². The quantitative estimate of drug-likeness (QED) is 0.763. The molecule has 0 N–H and O–H groups in total. The van der Waals surface area contributed by atoms with Gasteiger partial charge in [0.15, 0.2) is 5.92 Å². The fourth-order valence-corrected chi connectivity index (χ4v) is 2.41. The Bertz CT molecular complexity index is 268. The molecule has 1 fully saturated rings. The monoisotopic (exact) mass is 248 g/mol. The van der Waals surface area contributed by atoms with E-state index in [0.29, 0.717) is 6.54 Å². The molecular weight excluding hydrogens is 229 g/mol. The fraction of sp³-hybridized carbons (Fsp3) is 0.917. The third-order valence-corrected chi connectivity index (χ3v) is 3.34. The van der Waals surface area contributed by atoms with Crippen LogP contribution in [0.3, 0.4) is 0 Å². The third kappa shape index (κ3) is 4.19. The van der Waals surface area contributed by atoms with E-state index in [-0.39, 0.29) is 12.6 Å². The van der Waals surface area contributed by atoms with Crippen molar-refractivity contribution in [3.05, 3.63) is 0 Å². The molecule has 2 nitrogen and oxygen atoms in total. The van der Waals surface area contributed by atoms with Crippen LogP contribution >= 0.6 is 0 Å². The first-order valence-corrected chi connectivity index (χ1v) is 6.19. The molecule has 1 aliphatic heterocycles. The second-order valence-corrected chi connectivity index (χ2v) is 4.66. The summed E-state index contributed by atoms with van der Waals surface area (Å²) in [4.78, 5) is 1.86. The van der Waals surface area contributed by atoms with Crippen molar-refractivity contribution >= 4 is 0 Å². The molecule has 1 heterocycles. The Morgan fingerprint density at radius 2 is 2.12 bits per heavy atom. The second kappa shape index (κ2) is 6.25. The molecule has 0 bridgehead atoms. The molecule has 1 rings (SSSR count). The van der Waals surface area contributed by atoms with Crippen LogP contribution in [0.25, 0.3) is 0 Å². The maximum atomic E-state index is 12.5. The van der Waals surface area contributed by atoms with Crippen LogP contribution in [0.15, 0.2) is 0 Å². The first-order valence-electron chi connectivity index (χ1n) is 6.19. The van der Waals surface area contributed by atoms with Crippen LogP contribution in [-0.2, 0) is 0 Å². The van der Waals surface area contributed by atoms with Gasteiger partial charge in [-0.2, -0.15) is 18.4 Å². The SMILES string of the molecule is CCCC1CCCCN1CC(C#N)C(F)(F)F. The third-order valence-electron chi connectivity index (χ3n) is 3.34. The van der Waals surface area contributed by atoms with Gasteiger partial charge in [-0.05, 0) is 25.8 Å². The van der Waals surface area contributed by atoms with E-state index in [2.05, 4.69) is 0 Å². The number of hydrogen-bond acceptors (Lipinski definition) is 2. The molecule has 0 aromatic carbocycles. The molecule has 1 saturated heterocycles. The molecule has 0 aliphatic carbocycles. The summed E-state index contributed by atoms with van der Waals surface area (Å²) in [5.74, 6) is -1.85. The average Bonchev–Trinajstić information content (AvgIpc) is 2.26. The standard InChI is InChI=1S/C12H19F3N2/c1-2-5-11-6-3-4-7-17(11)9-10(8-16)12(13,14)15/h10-11H,2-7,9H2,1H3. The van der Waals surface area contributed by atoms with Crippen molar-refractivity contribution in [2.24, 2.45) is 5.92 Å². The van der Waals surface area contributed by atoms with E-state index in [1.165, 1.54) is 6.07 Å². The highest BCUT2D eigenvalue weighted by atomic mass is 19.4. The molecule has 0 spiro atoms. The van der Waals surface area contributed by atoms with Crippen molar-refractivity contribution in [2.75, 3.05) is 13.1 Å². The van der Waals surface area contributed by atoms with E-state index in [0.717, 1.165) is 32.1 Å². The average molecular weight is 248 g/mol. The highest BCUT2D eigenvalue weighted by Gasteiger charge is 2.41. The maximum Gasteiger partial charge on any atom is 0.405 e. The molecule has 2 atom stereocenters. The van der Waals surface area contributed by atoms with Gasteiger partial charge in [0.1, 0.15) is 0 Å². The predicted octanol–water partition coefficient (Wildman–Crippen LogP) is 3.34. The summed E-state index contributed by atoms with van der Waals surface area (Å²) in [6.45, 7) is 2.57. The van der Waals surface area contributed by atoms with Gasteiger partial charge in [-0.3, -0.25) is 4.90 Å². The Balaban J connectivity index is 2.60. The van der Waals surface area contributed by atoms with Crippen molar-refractivity contribution in [1.29, 1.82) is 5.26 Å². The fourth-order valence-electron chi connectivity index (χ4n) is 2.41. The lowest BCUT2D eigenvalue weighted by Crippen LogP contribution is -2.44. The molecule has 98 valence electrons. The lowest BCUT2D eigenvalue weighted by Gasteiger charge is -2.37. The zero-order valence-corrected chi connectivity index (χ0v) is 10.1. The zero-order valence-electron chi connectivity index (χ0n) is 10.1. The highest BCUT2D eigenvalue weighted by Crippen LogP contribution is 2.29. The molecular formula is C12H19F3N2. The van der Waals surface area contributed by atoms with Gasteiger partial charge in [-0.1, -0.05) is 19.8 Å². The van der Waals surface area contributed by atoms with Crippen molar-refractivity contribution in [3.63, 3.8) is 0 Å². The van der Waals surface area contributed by atoms with Gasteiger partial charge in [-0.25, -0.2) is 0 Å². The summed E-state index contributed by atoms with van der Waals surface area (Å²) >= 11 is 0. The summed E-state index contributed by atoms with van der Waals surface area (Å²) in [6, 6.07) is 1.61. The Labute approximate surface area is 100 Å². The number of alkyl halides is 3. The summed E-state index contributed by atoms with van der Waals surface area (Å²) in [6.07, 6.45) is 0.494. The second-order valence-electron chi connectivity index (χ2n) is 4.66. The molecule has 5 heteroatoms. The number of nitrogens with zero attached hydrogens (tertiary/aromatic N) is 2. The minimum Gasteiger partial charge on any atom is -0.299 e. The predicted molar refractivity (Wildman–Crippen MR) is 59.3 cm³/mol. The molecule has 1 aliphatic rings. The van der Waals surface area contributed by atoms with Crippen LogP contribution in [-0.4, -0.2) is 30.2 Å². The molecule has 0 aromatic heterocycles. The lowest BCUT2D eigenvalue weighted by molar-refractivity contribution is -0.165.